The van der Waals surface area contributed by atoms with Gasteiger partial charge in [0.15, 0.2) is 0 Å². The van der Waals surface area contributed by atoms with Gasteiger partial charge in [-0.1, -0.05) is 50.0 Å². The molecule has 0 aromatic carbocycles. The number of carbonyl (C=O) groups is 1. The average Bonchev–Trinajstić information content (AvgIpc) is 2.43. The Morgan fingerprint density at radius 3 is 2.81 bits per heavy atom. The van der Waals surface area contributed by atoms with Gasteiger partial charge in [0, 0.05) is 12.2 Å². The molecule has 2 atom stereocenters. The van der Waals surface area contributed by atoms with Crippen molar-refractivity contribution >= 4 is 29.2 Å². The molecule has 0 spiro atoms. The van der Waals surface area contributed by atoms with E-state index in [-0.39, 0.29) is 18.6 Å². The lowest BCUT2D eigenvalue weighted by Crippen LogP contribution is -2.53. The molecule has 0 aliphatic carbocycles. The molecule has 1 aliphatic rings. The summed E-state index contributed by atoms with van der Waals surface area (Å²) in [5, 5.41) is 1.98. The van der Waals surface area contributed by atoms with Crippen molar-refractivity contribution in [1.82, 2.24) is 10.4 Å². The predicted molar refractivity (Wildman–Crippen MR) is 87.1 cm³/mol. The molecule has 21 heavy (non-hydrogen) atoms. The third-order valence-corrected chi connectivity index (χ3v) is 3.79. The minimum atomic E-state index is -1.05. The van der Waals surface area contributed by atoms with Gasteiger partial charge in [0.1, 0.15) is 17.0 Å². The molecule has 1 saturated heterocycles. The first kappa shape index (κ1) is 18.6. The van der Waals surface area contributed by atoms with Gasteiger partial charge in [-0.25, -0.2) is 5.43 Å². The molecule has 1 heterocycles. The normalized spacial score (nSPS) is 21.0. The fourth-order valence-corrected chi connectivity index (χ4v) is 2.44. The second kappa shape index (κ2) is 8.25. The van der Waals surface area contributed by atoms with Crippen molar-refractivity contribution < 1.29 is 9.53 Å². The van der Waals surface area contributed by atoms with Gasteiger partial charge in [0.25, 0.3) is 0 Å². The quantitative estimate of drug-likeness (QED) is 0.569. The maximum Gasteiger partial charge on any atom is 0.325 e. The number of nitrogens with one attached hydrogen (secondary N) is 1. The standard InChI is InChI=1S/C15H26Cl2N2O2/c1-5-7-11(2)12(3)19-9-6-8-13(18-19)14(20)21-10-15(4,16)17/h11,13,18H,3,5-10H2,1-2,4H3. The van der Waals surface area contributed by atoms with E-state index in [1.165, 1.54) is 0 Å². The fourth-order valence-electron chi connectivity index (χ4n) is 2.33. The van der Waals surface area contributed by atoms with E-state index in [0.29, 0.717) is 5.92 Å². The number of allylic oxidation sites excluding steroid dienone is 1. The van der Waals surface area contributed by atoms with Gasteiger partial charge in [-0.15, -0.1) is 0 Å². The smallest absolute Gasteiger partial charge is 0.325 e. The summed E-state index contributed by atoms with van der Waals surface area (Å²) >= 11 is 11.6. The summed E-state index contributed by atoms with van der Waals surface area (Å²) in [6.45, 7) is 10.9. The van der Waals surface area contributed by atoms with Crippen molar-refractivity contribution in [3.8, 4) is 0 Å². The van der Waals surface area contributed by atoms with E-state index < -0.39 is 4.33 Å². The molecule has 0 saturated carbocycles. The third-order valence-electron chi connectivity index (χ3n) is 3.58. The topological polar surface area (TPSA) is 41.6 Å². The summed E-state index contributed by atoms with van der Waals surface area (Å²) in [7, 11) is 0. The molecule has 0 aromatic rings. The number of halogens is 2. The number of hydrazine groups is 1. The Morgan fingerprint density at radius 1 is 1.57 bits per heavy atom. The van der Waals surface area contributed by atoms with Crippen LogP contribution in [0.3, 0.4) is 0 Å². The molecule has 1 rings (SSSR count). The number of hydrogen-bond donors (Lipinski definition) is 1. The Bertz CT molecular complexity index is 369. The third kappa shape index (κ3) is 6.45. The summed E-state index contributed by atoms with van der Waals surface area (Å²) in [6, 6.07) is -0.361. The molecule has 122 valence electrons. The summed E-state index contributed by atoms with van der Waals surface area (Å²) in [4.78, 5) is 12.1. The first-order chi connectivity index (χ1) is 9.74. The van der Waals surface area contributed by atoms with Crippen LogP contribution in [0.2, 0.25) is 0 Å². The molecule has 0 amide bonds. The lowest BCUT2D eigenvalue weighted by Gasteiger charge is -2.37. The van der Waals surface area contributed by atoms with Gasteiger partial charge in [-0.05, 0) is 32.1 Å². The van der Waals surface area contributed by atoms with Crippen LogP contribution < -0.4 is 5.43 Å². The highest BCUT2D eigenvalue weighted by atomic mass is 35.5. The second-order valence-electron chi connectivity index (χ2n) is 5.83. The molecule has 1 fully saturated rings. The van der Waals surface area contributed by atoms with Gasteiger partial charge in [0.05, 0.1) is 0 Å². The van der Waals surface area contributed by atoms with Crippen LogP contribution in [0, 0.1) is 5.92 Å². The average molecular weight is 337 g/mol. The Morgan fingerprint density at radius 2 is 2.24 bits per heavy atom. The molecule has 1 aliphatic heterocycles. The van der Waals surface area contributed by atoms with E-state index >= 15 is 0 Å². The van der Waals surface area contributed by atoms with E-state index in [1.54, 1.807) is 6.92 Å². The lowest BCUT2D eigenvalue weighted by atomic mass is 10.0. The highest BCUT2D eigenvalue weighted by Gasteiger charge is 2.29. The highest BCUT2D eigenvalue weighted by molar-refractivity contribution is 6.48. The van der Waals surface area contributed by atoms with Gasteiger partial charge in [-0.3, -0.25) is 4.79 Å². The maximum absolute atomic E-state index is 12.1. The largest absolute Gasteiger partial charge is 0.461 e. The summed E-state index contributed by atoms with van der Waals surface area (Å²) in [5.74, 6) is 0.0782. The van der Waals surface area contributed by atoms with E-state index in [2.05, 4.69) is 25.9 Å². The molecule has 2 unspecified atom stereocenters. The number of ether oxygens (including phenoxy) is 1. The van der Waals surface area contributed by atoms with Gasteiger partial charge >= 0.3 is 5.97 Å². The Kier molecular flexibility index (Phi) is 7.31. The number of alkyl halides is 2. The Balaban J connectivity index is 2.51. The zero-order valence-corrected chi connectivity index (χ0v) is 14.6. The molecule has 4 nitrogen and oxygen atoms in total. The van der Waals surface area contributed by atoms with Crippen LogP contribution in [0.25, 0.3) is 0 Å². The molecule has 6 heteroatoms. The molecule has 1 N–H and O–H groups in total. The fraction of sp³-hybridized carbons (Fsp3) is 0.800. The lowest BCUT2D eigenvalue weighted by molar-refractivity contribution is -0.149. The highest BCUT2D eigenvalue weighted by Crippen LogP contribution is 2.23. The van der Waals surface area contributed by atoms with E-state index in [4.69, 9.17) is 27.9 Å². The number of esters is 1. The van der Waals surface area contributed by atoms with Crippen LogP contribution in [-0.2, 0) is 9.53 Å². The molecular weight excluding hydrogens is 311 g/mol. The summed E-state index contributed by atoms with van der Waals surface area (Å²) in [6.07, 6.45) is 3.86. The van der Waals surface area contributed by atoms with Crippen molar-refractivity contribution in [2.45, 2.75) is 56.8 Å². The van der Waals surface area contributed by atoms with Crippen molar-refractivity contribution in [2.24, 2.45) is 5.92 Å². The molecule has 0 radical (unpaired) electrons. The zero-order valence-electron chi connectivity index (χ0n) is 13.1. The Hall–Kier alpha value is -0.450. The number of carbonyl (C=O) groups excluding carboxylic acids is 1. The number of nitrogens with zero attached hydrogens (tertiary/aromatic N) is 1. The van der Waals surface area contributed by atoms with Crippen LogP contribution in [0.15, 0.2) is 12.3 Å². The van der Waals surface area contributed by atoms with Crippen LogP contribution in [0.5, 0.6) is 0 Å². The van der Waals surface area contributed by atoms with Crippen LogP contribution >= 0.6 is 23.2 Å². The van der Waals surface area contributed by atoms with E-state index in [0.717, 1.165) is 37.9 Å². The second-order valence-corrected chi connectivity index (χ2v) is 7.70. The monoisotopic (exact) mass is 336 g/mol. The maximum atomic E-state index is 12.1. The van der Waals surface area contributed by atoms with Crippen LogP contribution in [0.1, 0.15) is 46.5 Å². The molecule has 0 bridgehead atoms. The predicted octanol–water partition coefficient (Wildman–Crippen LogP) is 3.64. The first-order valence-corrected chi connectivity index (χ1v) is 8.27. The minimum Gasteiger partial charge on any atom is -0.461 e. The number of hydrogen-bond acceptors (Lipinski definition) is 4. The van der Waals surface area contributed by atoms with Gasteiger partial charge < -0.3 is 9.75 Å². The molecular formula is C15H26Cl2N2O2. The van der Waals surface area contributed by atoms with Crippen LogP contribution in [0.4, 0.5) is 0 Å². The van der Waals surface area contributed by atoms with E-state index in [9.17, 15) is 4.79 Å². The summed E-state index contributed by atoms with van der Waals surface area (Å²) in [5.41, 5.74) is 4.22. The first-order valence-electron chi connectivity index (χ1n) is 7.51. The summed E-state index contributed by atoms with van der Waals surface area (Å²) < 4.78 is 4.11. The van der Waals surface area contributed by atoms with Gasteiger partial charge in [0.2, 0.25) is 0 Å². The SMILES string of the molecule is C=C(C(C)CCC)N1CCCC(C(=O)OCC(C)(Cl)Cl)N1. The zero-order chi connectivity index (χ0) is 16.0. The van der Waals surface area contributed by atoms with Crippen molar-refractivity contribution in [3.05, 3.63) is 12.3 Å². The van der Waals surface area contributed by atoms with Crippen molar-refractivity contribution in [2.75, 3.05) is 13.2 Å². The van der Waals surface area contributed by atoms with Gasteiger partial charge in [-0.2, -0.15) is 0 Å². The van der Waals surface area contributed by atoms with Crippen LogP contribution in [-0.4, -0.2) is 34.5 Å². The Labute approximate surface area is 137 Å². The molecule has 0 aromatic heterocycles. The van der Waals surface area contributed by atoms with Crippen molar-refractivity contribution in [3.63, 3.8) is 0 Å². The number of rotatable bonds is 7. The minimum absolute atomic E-state index is 0.0136. The van der Waals surface area contributed by atoms with Crippen molar-refractivity contribution in [1.29, 1.82) is 0 Å². The van der Waals surface area contributed by atoms with E-state index in [1.807, 2.05) is 5.01 Å².